The number of aliphatic hydroxyl groups is 1. The topological polar surface area (TPSA) is 66.6 Å². The van der Waals surface area contributed by atoms with E-state index in [1.54, 1.807) is 4.90 Å². The normalized spacial score (nSPS) is 12.5. The van der Waals surface area contributed by atoms with Crippen LogP contribution in [0.2, 0.25) is 0 Å². The fourth-order valence-electron chi connectivity index (χ4n) is 1.49. The van der Waals surface area contributed by atoms with Crippen molar-refractivity contribution in [2.45, 2.75) is 45.6 Å². The van der Waals surface area contributed by atoms with E-state index < -0.39 is 0 Å². The Morgan fingerprint density at radius 2 is 2.13 bits per heavy atom. The quantitative estimate of drug-likeness (QED) is 0.628. The Morgan fingerprint density at radius 3 is 2.60 bits per heavy atom. The number of nitrogens with zero attached hydrogens (tertiary/aromatic N) is 1. The highest BCUT2D eigenvalue weighted by molar-refractivity contribution is 5.76. The molecule has 15 heavy (non-hydrogen) atoms. The highest BCUT2D eigenvalue weighted by atomic mass is 16.3. The molecule has 4 heteroatoms. The van der Waals surface area contributed by atoms with E-state index in [0.717, 1.165) is 25.8 Å². The first-order valence-corrected chi connectivity index (χ1v) is 5.76. The number of carbonyl (C=O) groups is 1. The smallest absolute Gasteiger partial charge is 0.222 e. The number of hydrogen-bond donors (Lipinski definition) is 2. The van der Waals surface area contributed by atoms with Crippen LogP contribution in [0.4, 0.5) is 0 Å². The lowest BCUT2D eigenvalue weighted by molar-refractivity contribution is -0.131. The number of rotatable bonds is 8. The average Bonchev–Trinajstić information content (AvgIpc) is 2.16. The third kappa shape index (κ3) is 7.33. The van der Waals surface area contributed by atoms with Gasteiger partial charge in [-0.05, 0) is 26.2 Å². The first-order valence-electron chi connectivity index (χ1n) is 5.76. The van der Waals surface area contributed by atoms with E-state index in [4.69, 9.17) is 10.8 Å². The summed E-state index contributed by atoms with van der Waals surface area (Å²) in [5, 5.41) is 8.81. The van der Waals surface area contributed by atoms with Crippen LogP contribution in [0.25, 0.3) is 0 Å². The van der Waals surface area contributed by atoms with Gasteiger partial charge < -0.3 is 15.7 Å². The maximum absolute atomic E-state index is 11.7. The minimum Gasteiger partial charge on any atom is -0.395 e. The molecule has 1 amide bonds. The van der Waals surface area contributed by atoms with Gasteiger partial charge in [0.05, 0.1) is 6.61 Å². The van der Waals surface area contributed by atoms with E-state index >= 15 is 0 Å². The van der Waals surface area contributed by atoms with E-state index in [2.05, 4.69) is 0 Å². The molecule has 0 saturated heterocycles. The van der Waals surface area contributed by atoms with Crippen molar-refractivity contribution in [1.29, 1.82) is 0 Å². The molecule has 0 rings (SSSR count). The monoisotopic (exact) mass is 216 g/mol. The summed E-state index contributed by atoms with van der Waals surface area (Å²) in [6.07, 6.45) is 3.19. The molecular formula is C11H24N2O2. The van der Waals surface area contributed by atoms with Crippen LogP contribution in [0.3, 0.4) is 0 Å². The summed E-state index contributed by atoms with van der Waals surface area (Å²) in [7, 11) is 0. The fourth-order valence-corrected chi connectivity index (χ4v) is 1.49. The van der Waals surface area contributed by atoms with Gasteiger partial charge in [-0.2, -0.15) is 0 Å². The standard InChI is InChI=1S/C11H24N2O2/c1-3-7-13(8-9-14)11(15)6-4-5-10(2)12/h10,14H,3-9,12H2,1-2H3. The predicted molar refractivity (Wildman–Crippen MR) is 61.5 cm³/mol. The van der Waals surface area contributed by atoms with Crippen LogP contribution in [0.15, 0.2) is 0 Å². The maximum atomic E-state index is 11.7. The molecule has 0 saturated carbocycles. The summed E-state index contributed by atoms with van der Waals surface area (Å²) in [6, 6.07) is 0.162. The molecule has 0 aliphatic carbocycles. The molecule has 0 aliphatic heterocycles. The van der Waals surface area contributed by atoms with Crippen LogP contribution < -0.4 is 5.73 Å². The van der Waals surface area contributed by atoms with Crippen LogP contribution in [0, 0.1) is 0 Å². The van der Waals surface area contributed by atoms with Gasteiger partial charge in [-0.25, -0.2) is 0 Å². The van der Waals surface area contributed by atoms with Crippen LogP contribution >= 0.6 is 0 Å². The van der Waals surface area contributed by atoms with Crippen LogP contribution in [0.5, 0.6) is 0 Å². The molecular weight excluding hydrogens is 192 g/mol. The van der Waals surface area contributed by atoms with Gasteiger partial charge in [0.25, 0.3) is 0 Å². The highest BCUT2D eigenvalue weighted by Crippen LogP contribution is 2.03. The van der Waals surface area contributed by atoms with Crippen LogP contribution in [-0.4, -0.2) is 41.7 Å². The second-order valence-electron chi connectivity index (χ2n) is 3.97. The molecule has 0 aromatic rings. The van der Waals surface area contributed by atoms with Crippen molar-refractivity contribution in [2.24, 2.45) is 5.73 Å². The molecule has 0 aliphatic rings. The lowest BCUT2D eigenvalue weighted by Crippen LogP contribution is -2.34. The molecule has 0 spiro atoms. The average molecular weight is 216 g/mol. The Hall–Kier alpha value is -0.610. The third-order valence-corrected chi connectivity index (χ3v) is 2.27. The first kappa shape index (κ1) is 14.4. The fraction of sp³-hybridized carbons (Fsp3) is 0.909. The summed E-state index contributed by atoms with van der Waals surface area (Å²) in [4.78, 5) is 13.4. The summed E-state index contributed by atoms with van der Waals surface area (Å²) in [6.45, 7) is 5.20. The number of hydrogen-bond acceptors (Lipinski definition) is 3. The van der Waals surface area contributed by atoms with Crippen molar-refractivity contribution in [3.63, 3.8) is 0 Å². The van der Waals surface area contributed by atoms with Gasteiger partial charge in [0.15, 0.2) is 0 Å². The molecule has 0 aromatic carbocycles. The summed E-state index contributed by atoms with van der Waals surface area (Å²) in [5.41, 5.74) is 5.61. The maximum Gasteiger partial charge on any atom is 0.222 e. The van der Waals surface area contributed by atoms with Gasteiger partial charge in [-0.3, -0.25) is 4.79 Å². The molecule has 4 nitrogen and oxygen atoms in total. The van der Waals surface area contributed by atoms with Crippen molar-refractivity contribution in [3.05, 3.63) is 0 Å². The van der Waals surface area contributed by atoms with Crippen LogP contribution in [-0.2, 0) is 4.79 Å². The zero-order chi connectivity index (χ0) is 11.7. The Labute approximate surface area is 92.4 Å². The van der Waals surface area contributed by atoms with E-state index in [1.807, 2.05) is 13.8 Å². The Bertz CT molecular complexity index is 166. The second-order valence-corrected chi connectivity index (χ2v) is 3.97. The zero-order valence-corrected chi connectivity index (χ0v) is 9.91. The molecule has 0 aromatic heterocycles. The van der Waals surface area contributed by atoms with E-state index in [1.165, 1.54) is 0 Å². The molecule has 1 atom stereocenters. The van der Waals surface area contributed by atoms with Crippen LogP contribution in [0.1, 0.15) is 39.5 Å². The summed E-state index contributed by atoms with van der Waals surface area (Å²) >= 11 is 0. The van der Waals surface area contributed by atoms with Gasteiger partial charge in [-0.1, -0.05) is 6.92 Å². The summed E-state index contributed by atoms with van der Waals surface area (Å²) < 4.78 is 0. The Morgan fingerprint density at radius 1 is 1.47 bits per heavy atom. The molecule has 0 bridgehead atoms. The van der Waals surface area contributed by atoms with Crippen molar-refractivity contribution in [1.82, 2.24) is 4.90 Å². The summed E-state index contributed by atoms with van der Waals surface area (Å²) in [5.74, 6) is 0.131. The molecule has 90 valence electrons. The SMILES string of the molecule is CCCN(CCO)C(=O)CCCC(C)N. The molecule has 1 unspecified atom stereocenters. The predicted octanol–water partition coefficient (Wildman–Crippen LogP) is 0.735. The van der Waals surface area contributed by atoms with Crippen molar-refractivity contribution >= 4 is 5.91 Å². The first-order chi connectivity index (χ1) is 7.11. The molecule has 0 fully saturated rings. The Balaban J connectivity index is 3.80. The number of nitrogens with two attached hydrogens (primary N) is 1. The second kappa shape index (κ2) is 8.68. The van der Waals surface area contributed by atoms with Gasteiger partial charge in [0.2, 0.25) is 5.91 Å². The lowest BCUT2D eigenvalue weighted by Gasteiger charge is -2.21. The minimum absolute atomic E-state index is 0.0407. The van der Waals surface area contributed by atoms with Crippen molar-refractivity contribution in [3.8, 4) is 0 Å². The largest absolute Gasteiger partial charge is 0.395 e. The number of aliphatic hydroxyl groups excluding tert-OH is 1. The number of carbonyl (C=O) groups excluding carboxylic acids is 1. The number of amides is 1. The van der Waals surface area contributed by atoms with Gasteiger partial charge >= 0.3 is 0 Å². The van der Waals surface area contributed by atoms with Gasteiger partial charge in [0, 0.05) is 25.6 Å². The van der Waals surface area contributed by atoms with Crippen molar-refractivity contribution < 1.29 is 9.90 Å². The van der Waals surface area contributed by atoms with Gasteiger partial charge in [0.1, 0.15) is 0 Å². The highest BCUT2D eigenvalue weighted by Gasteiger charge is 2.11. The van der Waals surface area contributed by atoms with Gasteiger partial charge in [-0.15, -0.1) is 0 Å². The van der Waals surface area contributed by atoms with E-state index in [9.17, 15) is 4.79 Å². The van der Waals surface area contributed by atoms with E-state index in [0.29, 0.717) is 13.0 Å². The molecule has 0 radical (unpaired) electrons. The van der Waals surface area contributed by atoms with E-state index in [-0.39, 0.29) is 18.6 Å². The van der Waals surface area contributed by atoms with Crippen molar-refractivity contribution in [2.75, 3.05) is 19.7 Å². The minimum atomic E-state index is 0.0407. The lowest BCUT2D eigenvalue weighted by atomic mass is 10.1. The third-order valence-electron chi connectivity index (χ3n) is 2.27. The zero-order valence-electron chi connectivity index (χ0n) is 9.91. The Kier molecular flexibility index (Phi) is 8.33. The molecule has 3 N–H and O–H groups in total. The molecule has 0 heterocycles.